The maximum atomic E-state index is 5.96. The van der Waals surface area contributed by atoms with Gasteiger partial charge in [-0.25, -0.2) is 0 Å². The highest BCUT2D eigenvalue weighted by atomic mass is 35.5. The lowest BCUT2D eigenvalue weighted by molar-refractivity contribution is 0.249. The molecule has 3 heteroatoms. The Morgan fingerprint density at radius 2 is 1.59 bits per heavy atom. The molecule has 0 radical (unpaired) electrons. The quantitative estimate of drug-likeness (QED) is 0.834. The highest BCUT2D eigenvalue weighted by Crippen LogP contribution is 2.20. The van der Waals surface area contributed by atoms with Crippen LogP contribution in [0.15, 0.2) is 42.5 Å². The summed E-state index contributed by atoms with van der Waals surface area (Å²) in [6.07, 6.45) is 0. The second-order valence-corrected chi connectivity index (χ2v) is 6.61. The van der Waals surface area contributed by atoms with E-state index in [1.807, 2.05) is 12.1 Å². The molecule has 22 heavy (non-hydrogen) atoms. The van der Waals surface area contributed by atoms with Crippen molar-refractivity contribution in [3.8, 4) is 0 Å². The molecule has 0 aromatic heterocycles. The topological polar surface area (TPSA) is 6.48 Å². The Morgan fingerprint density at radius 1 is 0.909 bits per heavy atom. The van der Waals surface area contributed by atoms with E-state index in [1.165, 1.54) is 22.4 Å². The van der Waals surface area contributed by atoms with Gasteiger partial charge in [0.1, 0.15) is 0 Å². The van der Waals surface area contributed by atoms with Gasteiger partial charge in [0.25, 0.3) is 0 Å². The van der Waals surface area contributed by atoms with Gasteiger partial charge in [-0.05, 0) is 49.2 Å². The Balaban J connectivity index is 1.58. The SMILES string of the molecule is Cc1ccc(CN2CCN(c3ccc(Cl)cc3)CC2)c(C)c1. The summed E-state index contributed by atoms with van der Waals surface area (Å²) < 4.78 is 0. The third kappa shape index (κ3) is 3.63. The number of anilines is 1. The molecule has 2 nitrogen and oxygen atoms in total. The molecule has 116 valence electrons. The minimum atomic E-state index is 0.803. The van der Waals surface area contributed by atoms with Gasteiger partial charge in [0.15, 0.2) is 0 Å². The van der Waals surface area contributed by atoms with Gasteiger partial charge in [-0.3, -0.25) is 4.90 Å². The molecule has 2 aromatic carbocycles. The van der Waals surface area contributed by atoms with E-state index in [0.29, 0.717) is 0 Å². The molecular weight excluding hydrogens is 292 g/mol. The average molecular weight is 315 g/mol. The lowest BCUT2D eigenvalue weighted by atomic mass is 10.1. The summed E-state index contributed by atoms with van der Waals surface area (Å²) in [6.45, 7) is 9.79. The zero-order valence-corrected chi connectivity index (χ0v) is 14.1. The van der Waals surface area contributed by atoms with Crippen molar-refractivity contribution in [3.63, 3.8) is 0 Å². The lowest BCUT2D eigenvalue weighted by Crippen LogP contribution is -2.46. The van der Waals surface area contributed by atoms with E-state index in [-0.39, 0.29) is 0 Å². The van der Waals surface area contributed by atoms with Crippen LogP contribution in [0.4, 0.5) is 5.69 Å². The molecule has 0 atom stereocenters. The van der Waals surface area contributed by atoms with Crippen LogP contribution in [0.1, 0.15) is 16.7 Å². The van der Waals surface area contributed by atoms with Crippen LogP contribution < -0.4 is 4.90 Å². The third-order valence-electron chi connectivity index (χ3n) is 4.46. The molecule has 1 aliphatic rings. The predicted molar refractivity (Wildman–Crippen MR) is 94.9 cm³/mol. The molecule has 0 aliphatic carbocycles. The van der Waals surface area contributed by atoms with Crippen LogP contribution in [0.25, 0.3) is 0 Å². The number of halogens is 1. The average Bonchev–Trinajstić information content (AvgIpc) is 2.52. The first-order valence-electron chi connectivity index (χ1n) is 7.91. The Kier molecular flexibility index (Phi) is 4.70. The summed E-state index contributed by atoms with van der Waals surface area (Å²) in [5, 5.41) is 0.803. The number of hydrogen-bond donors (Lipinski definition) is 0. The van der Waals surface area contributed by atoms with Crippen molar-refractivity contribution in [2.24, 2.45) is 0 Å². The van der Waals surface area contributed by atoms with Crippen LogP contribution in [0, 0.1) is 13.8 Å². The van der Waals surface area contributed by atoms with Crippen LogP contribution in [0.3, 0.4) is 0 Å². The number of aryl methyl sites for hydroxylation is 2. The fourth-order valence-electron chi connectivity index (χ4n) is 3.08. The molecule has 0 N–H and O–H groups in total. The zero-order chi connectivity index (χ0) is 15.5. The fourth-order valence-corrected chi connectivity index (χ4v) is 3.21. The van der Waals surface area contributed by atoms with Crippen LogP contribution in [-0.4, -0.2) is 31.1 Å². The second kappa shape index (κ2) is 6.72. The van der Waals surface area contributed by atoms with Gasteiger partial charge in [0.2, 0.25) is 0 Å². The summed E-state index contributed by atoms with van der Waals surface area (Å²) in [5.74, 6) is 0. The van der Waals surface area contributed by atoms with Crippen LogP contribution in [0.5, 0.6) is 0 Å². The summed E-state index contributed by atoms with van der Waals surface area (Å²) in [6, 6.07) is 14.9. The zero-order valence-electron chi connectivity index (χ0n) is 13.3. The van der Waals surface area contributed by atoms with E-state index >= 15 is 0 Å². The fraction of sp³-hybridized carbons (Fsp3) is 0.368. The van der Waals surface area contributed by atoms with Crippen LogP contribution in [-0.2, 0) is 6.54 Å². The van der Waals surface area contributed by atoms with Crippen molar-refractivity contribution >= 4 is 17.3 Å². The Morgan fingerprint density at radius 3 is 2.23 bits per heavy atom. The highest BCUT2D eigenvalue weighted by molar-refractivity contribution is 6.30. The van der Waals surface area contributed by atoms with Gasteiger partial charge in [0, 0.05) is 43.4 Å². The molecule has 1 saturated heterocycles. The van der Waals surface area contributed by atoms with Gasteiger partial charge in [-0.2, -0.15) is 0 Å². The minimum absolute atomic E-state index is 0.803. The van der Waals surface area contributed by atoms with E-state index in [2.05, 4.69) is 54.0 Å². The molecule has 2 aromatic rings. The van der Waals surface area contributed by atoms with E-state index in [1.54, 1.807) is 0 Å². The summed E-state index contributed by atoms with van der Waals surface area (Å²) in [7, 11) is 0. The normalized spacial score (nSPS) is 16.0. The third-order valence-corrected chi connectivity index (χ3v) is 4.71. The van der Waals surface area contributed by atoms with E-state index in [9.17, 15) is 0 Å². The van der Waals surface area contributed by atoms with Crippen LogP contribution >= 0.6 is 11.6 Å². The first kappa shape index (κ1) is 15.4. The Hall–Kier alpha value is -1.51. The van der Waals surface area contributed by atoms with Gasteiger partial charge in [-0.15, -0.1) is 0 Å². The van der Waals surface area contributed by atoms with Gasteiger partial charge in [0.05, 0.1) is 0 Å². The monoisotopic (exact) mass is 314 g/mol. The smallest absolute Gasteiger partial charge is 0.0407 e. The molecule has 0 saturated carbocycles. The van der Waals surface area contributed by atoms with Gasteiger partial charge >= 0.3 is 0 Å². The number of rotatable bonds is 3. The predicted octanol–water partition coefficient (Wildman–Crippen LogP) is 4.28. The summed E-state index contributed by atoms with van der Waals surface area (Å²) >= 11 is 5.96. The molecule has 3 rings (SSSR count). The molecule has 0 spiro atoms. The molecule has 0 unspecified atom stereocenters. The standard InChI is InChI=1S/C19H23ClN2/c1-15-3-4-17(16(2)13-15)14-21-9-11-22(12-10-21)19-7-5-18(20)6-8-19/h3-8,13H,9-12,14H2,1-2H3. The van der Waals surface area contributed by atoms with Crippen molar-refractivity contribution in [3.05, 3.63) is 64.2 Å². The molecule has 1 heterocycles. The molecular formula is C19H23ClN2. The van der Waals surface area contributed by atoms with Crippen molar-refractivity contribution in [2.45, 2.75) is 20.4 Å². The van der Waals surface area contributed by atoms with Crippen molar-refractivity contribution in [2.75, 3.05) is 31.1 Å². The van der Waals surface area contributed by atoms with E-state index in [0.717, 1.165) is 37.7 Å². The number of hydrogen-bond acceptors (Lipinski definition) is 2. The summed E-state index contributed by atoms with van der Waals surface area (Å²) in [4.78, 5) is 4.99. The molecule has 1 aliphatic heterocycles. The molecule has 0 bridgehead atoms. The largest absolute Gasteiger partial charge is 0.369 e. The molecule has 0 amide bonds. The second-order valence-electron chi connectivity index (χ2n) is 6.17. The minimum Gasteiger partial charge on any atom is -0.369 e. The maximum absolute atomic E-state index is 5.96. The van der Waals surface area contributed by atoms with Crippen LogP contribution in [0.2, 0.25) is 5.02 Å². The van der Waals surface area contributed by atoms with Gasteiger partial charge in [-0.1, -0.05) is 35.4 Å². The first-order chi connectivity index (χ1) is 10.6. The Bertz CT molecular complexity index is 628. The van der Waals surface area contributed by atoms with Crippen molar-refractivity contribution in [1.29, 1.82) is 0 Å². The van der Waals surface area contributed by atoms with Crippen molar-refractivity contribution < 1.29 is 0 Å². The van der Waals surface area contributed by atoms with Gasteiger partial charge < -0.3 is 4.90 Å². The van der Waals surface area contributed by atoms with E-state index in [4.69, 9.17) is 11.6 Å². The van der Waals surface area contributed by atoms with Crippen molar-refractivity contribution in [1.82, 2.24) is 4.90 Å². The Labute approximate surface area is 138 Å². The number of nitrogens with zero attached hydrogens (tertiary/aromatic N) is 2. The first-order valence-corrected chi connectivity index (χ1v) is 8.28. The number of benzene rings is 2. The maximum Gasteiger partial charge on any atom is 0.0407 e. The number of piperazine rings is 1. The molecule has 1 fully saturated rings. The summed E-state index contributed by atoms with van der Waals surface area (Å²) in [5.41, 5.74) is 5.47. The highest BCUT2D eigenvalue weighted by Gasteiger charge is 2.17. The lowest BCUT2D eigenvalue weighted by Gasteiger charge is -2.36. The van der Waals surface area contributed by atoms with E-state index < -0.39 is 0 Å².